The predicted octanol–water partition coefficient (Wildman–Crippen LogP) is 15.2. The third kappa shape index (κ3) is 10.3. The maximum Gasteiger partial charge on any atom is -0.0125 e. The topological polar surface area (TPSA) is 0 Å². The lowest BCUT2D eigenvalue weighted by Gasteiger charge is -2.45. The van der Waals surface area contributed by atoms with Crippen molar-refractivity contribution >= 4 is 0 Å². The molecule has 4 aliphatic carbocycles. The van der Waals surface area contributed by atoms with E-state index in [1.165, 1.54) is 148 Å². The molecule has 0 radical (unpaired) electrons. The summed E-state index contributed by atoms with van der Waals surface area (Å²) in [5, 5.41) is 0. The smallest absolute Gasteiger partial charge is 0.0125 e. The van der Waals surface area contributed by atoms with Gasteiger partial charge in [-0.2, -0.15) is 0 Å². The number of benzene rings is 2. The van der Waals surface area contributed by atoms with Gasteiger partial charge in [-0.05, 0) is 171 Å². The van der Waals surface area contributed by atoms with E-state index in [0.717, 1.165) is 53.3 Å². The summed E-state index contributed by atoms with van der Waals surface area (Å²) in [4.78, 5) is 0. The molecule has 0 N–H and O–H groups in total. The molecule has 2 aromatic carbocycles. The van der Waals surface area contributed by atoms with Gasteiger partial charge in [-0.3, -0.25) is 0 Å². The van der Waals surface area contributed by atoms with Crippen LogP contribution in [0, 0.1) is 41.4 Å². The maximum atomic E-state index is 2.63. The molecule has 0 heterocycles. The van der Waals surface area contributed by atoms with Crippen molar-refractivity contribution in [3.63, 3.8) is 0 Å². The zero-order chi connectivity index (χ0) is 34.0. The molecule has 2 atom stereocenters. The first-order valence-corrected chi connectivity index (χ1v) is 22.2. The van der Waals surface area contributed by atoms with E-state index in [2.05, 4.69) is 76.2 Å². The molecule has 4 fully saturated rings. The normalized spacial score (nSPS) is 31.4. The van der Waals surface area contributed by atoms with Gasteiger partial charge in [0.1, 0.15) is 0 Å². The van der Waals surface area contributed by atoms with Gasteiger partial charge in [0.2, 0.25) is 0 Å². The summed E-state index contributed by atoms with van der Waals surface area (Å²) in [5.41, 5.74) is 6.56. The highest BCUT2D eigenvalue weighted by Crippen LogP contribution is 2.51. The maximum absolute atomic E-state index is 2.63. The van der Waals surface area contributed by atoms with Crippen molar-refractivity contribution in [2.75, 3.05) is 0 Å². The second-order valence-electron chi connectivity index (χ2n) is 18.5. The largest absolute Gasteiger partial charge is 0.0654 e. The summed E-state index contributed by atoms with van der Waals surface area (Å²) in [5.74, 6) is 8.83. The monoisotopic (exact) mass is 665 g/mol. The summed E-state index contributed by atoms with van der Waals surface area (Å²) >= 11 is 0. The molecule has 2 unspecified atom stereocenters. The first kappa shape index (κ1) is 37.2. The first-order chi connectivity index (χ1) is 24.0. The van der Waals surface area contributed by atoms with Gasteiger partial charge in [0.05, 0.1) is 0 Å². The third-order valence-electron chi connectivity index (χ3n) is 14.9. The molecule has 0 heteroatoms. The van der Waals surface area contributed by atoms with Crippen molar-refractivity contribution in [3.8, 4) is 0 Å². The molecule has 0 spiro atoms. The van der Waals surface area contributed by atoms with Gasteiger partial charge in [0.25, 0.3) is 0 Å². The second kappa shape index (κ2) is 18.8. The van der Waals surface area contributed by atoms with Crippen LogP contribution in [0.3, 0.4) is 0 Å². The average molecular weight is 665 g/mol. The van der Waals surface area contributed by atoms with Crippen LogP contribution >= 0.6 is 0 Å². The SMILES string of the molecule is CCCCCC1CCC(c2ccc(CC(C3CC(C)C3)C(CC3CC(CC)C3)c3ccc(C4CCC(CCCCC)CC4)cc3)cc2)CC1. The van der Waals surface area contributed by atoms with Crippen LogP contribution in [0.1, 0.15) is 209 Å². The molecule has 2 aromatic rings. The summed E-state index contributed by atoms with van der Waals surface area (Å²) in [6, 6.07) is 20.7. The van der Waals surface area contributed by atoms with Gasteiger partial charge >= 0.3 is 0 Å². The van der Waals surface area contributed by atoms with E-state index in [-0.39, 0.29) is 0 Å². The van der Waals surface area contributed by atoms with E-state index in [1.807, 2.05) is 0 Å². The van der Waals surface area contributed by atoms with Crippen LogP contribution in [-0.2, 0) is 6.42 Å². The van der Waals surface area contributed by atoms with Gasteiger partial charge in [-0.15, -0.1) is 0 Å². The van der Waals surface area contributed by atoms with E-state index in [1.54, 1.807) is 22.3 Å². The van der Waals surface area contributed by atoms with Crippen LogP contribution < -0.4 is 0 Å². The molecular formula is C49H76. The molecule has 0 aliphatic heterocycles. The molecule has 0 amide bonds. The number of hydrogen-bond acceptors (Lipinski definition) is 0. The van der Waals surface area contributed by atoms with E-state index in [9.17, 15) is 0 Å². The molecule has 0 saturated heterocycles. The van der Waals surface area contributed by atoms with Crippen molar-refractivity contribution in [2.45, 2.75) is 193 Å². The quantitative estimate of drug-likeness (QED) is 0.139. The third-order valence-corrected chi connectivity index (χ3v) is 14.9. The lowest BCUT2D eigenvalue weighted by molar-refractivity contribution is 0.0893. The van der Waals surface area contributed by atoms with Gasteiger partial charge in [-0.1, -0.05) is 134 Å². The van der Waals surface area contributed by atoms with Gasteiger partial charge in [0, 0.05) is 0 Å². The van der Waals surface area contributed by atoms with E-state index >= 15 is 0 Å². The summed E-state index contributed by atoms with van der Waals surface area (Å²) in [7, 11) is 0. The molecule has 0 nitrogen and oxygen atoms in total. The van der Waals surface area contributed by atoms with E-state index < -0.39 is 0 Å². The fraction of sp³-hybridized carbons (Fsp3) is 0.755. The number of rotatable bonds is 18. The molecule has 0 aromatic heterocycles. The van der Waals surface area contributed by atoms with Gasteiger partial charge in [0.15, 0.2) is 0 Å². The van der Waals surface area contributed by atoms with Gasteiger partial charge < -0.3 is 0 Å². The highest BCUT2D eigenvalue weighted by atomic mass is 14.4. The standard InChI is InChI=1S/C49H76/c1-5-8-10-12-38-14-20-42(21-15-38)44-24-18-40(19-25-44)34-49(47-30-36(4)31-47)48(35-41-32-37(7-3)33-41)46-28-26-45(27-29-46)43-22-16-39(17-23-43)13-11-9-6-2/h18-19,24-29,36-39,41-43,47-49H,5-17,20-23,30-35H2,1-4H3. The van der Waals surface area contributed by atoms with Crippen molar-refractivity contribution in [1.29, 1.82) is 0 Å². The van der Waals surface area contributed by atoms with Crippen molar-refractivity contribution in [2.24, 2.45) is 41.4 Å². The predicted molar refractivity (Wildman–Crippen MR) is 214 cm³/mol. The molecule has 4 saturated carbocycles. The Labute approximate surface area is 304 Å². The van der Waals surface area contributed by atoms with E-state index in [4.69, 9.17) is 0 Å². The Morgan fingerprint density at radius 1 is 0.551 bits per heavy atom. The fourth-order valence-corrected chi connectivity index (χ4v) is 11.4. The minimum atomic E-state index is 0.714. The number of unbranched alkanes of at least 4 members (excludes halogenated alkanes) is 4. The Kier molecular flexibility index (Phi) is 14.3. The van der Waals surface area contributed by atoms with Crippen LogP contribution in [0.15, 0.2) is 48.5 Å². The molecule has 272 valence electrons. The second-order valence-corrected chi connectivity index (χ2v) is 18.5. The van der Waals surface area contributed by atoms with Crippen LogP contribution in [-0.4, -0.2) is 0 Å². The van der Waals surface area contributed by atoms with Crippen LogP contribution in [0.25, 0.3) is 0 Å². The first-order valence-electron chi connectivity index (χ1n) is 22.2. The minimum Gasteiger partial charge on any atom is -0.0654 e. The zero-order valence-electron chi connectivity index (χ0n) is 32.7. The summed E-state index contributed by atoms with van der Waals surface area (Å²) in [6.07, 6.45) is 32.9. The molecule has 0 bridgehead atoms. The van der Waals surface area contributed by atoms with Crippen molar-refractivity contribution in [1.82, 2.24) is 0 Å². The average Bonchev–Trinajstić information content (AvgIpc) is 3.10. The molecule has 4 aliphatic rings. The van der Waals surface area contributed by atoms with Crippen LogP contribution in [0.5, 0.6) is 0 Å². The van der Waals surface area contributed by atoms with Crippen LogP contribution in [0.2, 0.25) is 0 Å². The Hall–Kier alpha value is -1.56. The lowest BCUT2D eigenvalue weighted by Crippen LogP contribution is -2.36. The van der Waals surface area contributed by atoms with Crippen molar-refractivity contribution in [3.05, 3.63) is 70.8 Å². The highest BCUT2D eigenvalue weighted by Gasteiger charge is 2.40. The zero-order valence-corrected chi connectivity index (χ0v) is 32.7. The molecular weight excluding hydrogens is 589 g/mol. The molecule has 6 rings (SSSR count). The summed E-state index contributed by atoms with van der Waals surface area (Å²) < 4.78 is 0. The Balaban J connectivity index is 1.12. The summed E-state index contributed by atoms with van der Waals surface area (Å²) in [6.45, 7) is 9.59. The minimum absolute atomic E-state index is 0.714. The van der Waals surface area contributed by atoms with E-state index in [0.29, 0.717) is 5.92 Å². The Morgan fingerprint density at radius 3 is 1.53 bits per heavy atom. The van der Waals surface area contributed by atoms with Crippen molar-refractivity contribution < 1.29 is 0 Å². The van der Waals surface area contributed by atoms with Gasteiger partial charge in [-0.25, -0.2) is 0 Å². The Morgan fingerprint density at radius 2 is 1.06 bits per heavy atom. The molecule has 49 heavy (non-hydrogen) atoms. The highest BCUT2D eigenvalue weighted by molar-refractivity contribution is 5.31. The number of hydrogen-bond donors (Lipinski definition) is 0. The Bertz CT molecular complexity index is 1180. The van der Waals surface area contributed by atoms with Crippen LogP contribution in [0.4, 0.5) is 0 Å². The fourth-order valence-electron chi connectivity index (χ4n) is 11.4. The lowest BCUT2D eigenvalue weighted by atomic mass is 9.59.